The Balaban J connectivity index is 1.82. The second-order valence-electron chi connectivity index (χ2n) is 4.36. The van der Waals surface area contributed by atoms with Crippen LogP contribution in [0.5, 0.6) is 0 Å². The zero-order chi connectivity index (χ0) is 6.01. The van der Waals surface area contributed by atoms with Crippen LogP contribution in [0.25, 0.3) is 0 Å². The number of hydrogen-bond donors (Lipinski definition) is 0. The Hall–Kier alpha value is 0.0649. The van der Waals surface area contributed by atoms with Crippen molar-refractivity contribution in [2.75, 3.05) is 0 Å². The molecule has 0 aliphatic heterocycles. The molecule has 5 atom stereocenters. The molecule has 3 aliphatic rings. The largest absolute Gasteiger partial charge is 0.105 e. The molecular weight excluding hydrogens is 107 g/mol. The van der Waals surface area contributed by atoms with Crippen molar-refractivity contribution in [3.8, 4) is 0 Å². The first kappa shape index (κ1) is 4.82. The first-order valence-electron chi connectivity index (χ1n) is 4.38. The van der Waals surface area contributed by atoms with Crippen LogP contribution in [0.4, 0.5) is 0 Å². The molecule has 9 heavy (non-hydrogen) atoms. The fourth-order valence-electron chi connectivity index (χ4n) is 3.58. The predicted octanol–water partition coefficient (Wildman–Crippen LogP) is 1.08. The number of hydrogen-bond acceptors (Lipinski definition) is 0. The quantitative estimate of drug-likeness (QED) is 0.419. The monoisotopic (exact) mass is 120 g/mol. The Morgan fingerprint density at radius 1 is 1.00 bits per heavy atom. The molecule has 0 saturated heterocycles. The normalized spacial score (nSPS) is 68.2. The molecular formula is C8H13B. The molecule has 0 aromatic heterocycles. The summed E-state index contributed by atoms with van der Waals surface area (Å²) in [7, 11) is 2.44. The highest BCUT2D eigenvalue weighted by Gasteiger charge is 2.61. The zero-order valence-corrected chi connectivity index (χ0v) is 6.01. The van der Waals surface area contributed by atoms with Gasteiger partial charge in [-0.15, -0.1) is 0 Å². The number of rotatable bonds is 0. The van der Waals surface area contributed by atoms with Crippen LogP contribution in [0.1, 0.15) is 19.3 Å². The van der Waals surface area contributed by atoms with E-state index >= 15 is 0 Å². The lowest BCUT2D eigenvalue weighted by atomic mass is 9.33. The summed E-state index contributed by atoms with van der Waals surface area (Å²) in [5.74, 6) is 5.99. The molecule has 0 N–H and O–H groups in total. The summed E-state index contributed by atoms with van der Waals surface area (Å²) in [6, 6.07) is 0. The van der Waals surface area contributed by atoms with E-state index in [9.17, 15) is 0 Å². The van der Waals surface area contributed by atoms with Crippen molar-refractivity contribution in [2.24, 2.45) is 23.7 Å². The van der Waals surface area contributed by atoms with Gasteiger partial charge in [-0.05, 0) is 36.5 Å². The van der Waals surface area contributed by atoms with E-state index in [1.54, 1.807) is 19.3 Å². The predicted molar refractivity (Wildman–Crippen MR) is 40.1 cm³/mol. The maximum Gasteiger partial charge on any atom is 0.105 e. The molecule has 0 heterocycles. The summed E-state index contributed by atoms with van der Waals surface area (Å²) in [6.07, 6.45) is 4.74. The summed E-state index contributed by atoms with van der Waals surface area (Å²) in [5.41, 5.74) is 0. The van der Waals surface area contributed by atoms with E-state index in [-0.39, 0.29) is 0 Å². The fraction of sp³-hybridized carbons (Fsp3) is 1.00. The summed E-state index contributed by atoms with van der Waals surface area (Å²) in [5, 5.41) is 0. The van der Waals surface area contributed by atoms with Crippen LogP contribution >= 0.6 is 0 Å². The highest BCUT2D eigenvalue weighted by Crippen LogP contribution is 2.70. The average molecular weight is 120 g/mol. The average Bonchev–Trinajstić information content (AvgIpc) is 1.79. The van der Waals surface area contributed by atoms with Crippen LogP contribution < -0.4 is 0 Å². The third-order valence-electron chi connectivity index (χ3n) is 4.22. The van der Waals surface area contributed by atoms with Crippen molar-refractivity contribution < 1.29 is 0 Å². The highest BCUT2D eigenvalue weighted by atomic mass is 14.7. The third kappa shape index (κ3) is 0.351. The van der Waals surface area contributed by atoms with E-state index in [1.165, 1.54) is 23.7 Å². The summed E-state index contributed by atoms with van der Waals surface area (Å²) in [6.45, 7) is 0. The third-order valence-corrected chi connectivity index (χ3v) is 4.22. The molecule has 1 heteroatoms. The van der Waals surface area contributed by atoms with Gasteiger partial charge < -0.3 is 0 Å². The molecule has 3 saturated carbocycles. The molecule has 0 bridgehead atoms. The molecule has 0 aromatic carbocycles. The van der Waals surface area contributed by atoms with Crippen LogP contribution in [0.2, 0.25) is 5.82 Å². The van der Waals surface area contributed by atoms with Gasteiger partial charge in [0, 0.05) is 0 Å². The van der Waals surface area contributed by atoms with Crippen molar-refractivity contribution >= 4 is 7.85 Å². The lowest BCUT2D eigenvalue weighted by Gasteiger charge is -2.69. The Morgan fingerprint density at radius 2 is 1.78 bits per heavy atom. The second kappa shape index (κ2) is 1.23. The van der Waals surface area contributed by atoms with Crippen molar-refractivity contribution in [1.82, 2.24) is 0 Å². The molecule has 0 radical (unpaired) electrons. The molecule has 0 aromatic rings. The summed E-state index contributed by atoms with van der Waals surface area (Å²) >= 11 is 0. The first-order chi connectivity index (χ1) is 4.38. The topological polar surface area (TPSA) is 0 Å². The minimum Gasteiger partial charge on any atom is -0.0661 e. The van der Waals surface area contributed by atoms with E-state index in [0.717, 1.165) is 5.82 Å². The highest BCUT2D eigenvalue weighted by molar-refractivity contribution is 6.12. The molecule has 0 amide bonds. The zero-order valence-electron chi connectivity index (χ0n) is 6.01. The van der Waals surface area contributed by atoms with Crippen LogP contribution in [-0.2, 0) is 0 Å². The smallest absolute Gasteiger partial charge is 0.0661 e. The van der Waals surface area contributed by atoms with E-state index in [1.807, 2.05) is 0 Å². The van der Waals surface area contributed by atoms with Crippen LogP contribution in [0, 0.1) is 23.7 Å². The molecule has 48 valence electrons. The molecule has 3 unspecified atom stereocenters. The van der Waals surface area contributed by atoms with Gasteiger partial charge in [0.05, 0.1) is 0 Å². The SMILES string of the molecule is BC1CC2C3CC[C@@H]3[C@H]12. The van der Waals surface area contributed by atoms with Crippen LogP contribution in [-0.4, -0.2) is 7.85 Å². The van der Waals surface area contributed by atoms with Crippen molar-refractivity contribution in [2.45, 2.75) is 25.1 Å². The van der Waals surface area contributed by atoms with E-state index < -0.39 is 0 Å². The molecule has 3 aliphatic carbocycles. The van der Waals surface area contributed by atoms with E-state index in [4.69, 9.17) is 0 Å². The van der Waals surface area contributed by atoms with Gasteiger partial charge in [0.15, 0.2) is 0 Å². The Bertz CT molecular complexity index is 149. The fourth-order valence-corrected chi connectivity index (χ4v) is 3.58. The summed E-state index contributed by atoms with van der Waals surface area (Å²) < 4.78 is 0. The maximum absolute atomic E-state index is 2.44. The molecule has 3 rings (SSSR count). The van der Waals surface area contributed by atoms with Gasteiger partial charge in [0.2, 0.25) is 0 Å². The molecule has 0 spiro atoms. The van der Waals surface area contributed by atoms with E-state index in [2.05, 4.69) is 7.85 Å². The summed E-state index contributed by atoms with van der Waals surface area (Å²) in [4.78, 5) is 0. The van der Waals surface area contributed by atoms with Gasteiger partial charge in [0.1, 0.15) is 7.85 Å². The van der Waals surface area contributed by atoms with Crippen molar-refractivity contribution in [3.05, 3.63) is 0 Å². The van der Waals surface area contributed by atoms with Gasteiger partial charge in [-0.25, -0.2) is 0 Å². The number of fused-ring (bicyclic) bond motifs is 4. The van der Waals surface area contributed by atoms with Crippen LogP contribution in [0.3, 0.4) is 0 Å². The van der Waals surface area contributed by atoms with Crippen molar-refractivity contribution in [3.63, 3.8) is 0 Å². The molecule has 3 fully saturated rings. The molecule has 0 nitrogen and oxygen atoms in total. The lowest BCUT2D eigenvalue weighted by molar-refractivity contribution is -0.163. The van der Waals surface area contributed by atoms with Crippen LogP contribution in [0.15, 0.2) is 0 Å². The van der Waals surface area contributed by atoms with Gasteiger partial charge in [-0.3, -0.25) is 0 Å². The van der Waals surface area contributed by atoms with Gasteiger partial charge in [0.25, 0.3) is 0 Å². The Kier molecular flexibility index (Phi) is 0.660. The van der Waals surface area contributed by atoms with Gasteiger partial charge in [-0.1, -0.05) is 12.2 Å². The van der Waals surface area contributed by atoms with Crippen molar-refractivity contribution in [1.29, 1.82) is 0 Å². The lowest BCUT2D eigenvalue weighted by Crippen LogP contribution is -2.61. The second-order valence-corrected chi connectivity index (χ2v) is 4.36. The van der Waals surface area contributed by atoms with Gasteiger partial charge >= 0.3 is 0 Å². The minimum atomic E-state index is 1.11. The standard InChI is InChI=1S/C8H13B/c9-7-3-6-4-1-2-5(4)8(6)7/h4-8H,1-3,9H2/t4?,5-,6?,7?,8-/m0/s1. The van der Waals surface area contributed by atoms with E-state index in [0.29, 0.717) is 0 Å². The Morgan fingerprint density at radius 3 is 2.11 bits per heavy atom. The minimum absolute atomic E-state index is 1.11. The maximum atomic E-state index is 2.44. The first-order valence-corrected chi connectivity index (χ1v) is 4.38. The van der Waals surface area contributed by atoms with Gasteiger partial charge in [-0.2, -0.15) is 0 Å². The Labute approximate surface area is 57.4 Å².